The summed E-state index contributed by atoms with van der Waals surface area (Å²) < 4.78 is 5.02. The number of anilines is 1. The highest BCUT2D eigenvalue weighted by atomic mass is 16.5. The van der Waals surface area contributed by atoms with Crippen LogP contribution < -0.4 is 10.6 Å². The topological polar surface area (TPSA) is 63.0 Å². The number of hydrogen-bond donors (Lipinski definition) is 2. The third-order valence-corrected chi connectivity index (χ3v) is 3.32. The molecule has 1 aromatic rings. The van der Waals surface area contributed by atoms with Gasteiger partial charge in [-0.25, -0.2) is 0 Å². The van der Waals surface area contributed by atoms with Crippen LogP contribution >= 0.6 is 0 Å². The van der Waals surface area contributed by atoms with Crippen molar-refractivity contribution in [3.05, 3.63) is 5.82 Å². The Kier molecular flexibility index (Phi) is 3.14. The first-order chi connectivity index (χ1) is 7.58. The van der Waals surface area contributed by atoms with E-state index in [0.717, 1.165) is 13.1 Å². The third-order valence-electron chi connectivity index (χ3n) is 3.32. The van der Waals surface area contributed by atoms with Gasteiger partial charge in [0.25, 0.3) is 0 Å². The summed E-state index contributed by atoms with van der Waals surface area (Å²) in [5.41, 5.74) is 0.320. The van der Waals surface area contributed by atoms with Crippen LogP contribution in [0.2, 0.25) is 0 Å². The highest BCUT2D eigenvalue weighted by Crippen LogP contribution is 2.29. The summed E-state index contributed by atoms with van der Waals surface area (Å²) in [6.45, 7) is 8.33. The largest absolute Gasteiger partial charge is 0.336 e. The molecule has 1 aromatic heterocycles. The van der Waals surface area contributed by atoms with Crippen molar-refractivity contribution in [1.29, 1.82) is 0 Å². The second-order valence-electron chi connectivity index (χ2n) is 5.13. The minimum Gasteiger partial charge on any atom is -0.336 e. The Morgan fingerprint density at radius 3 is 3.00 bits per heavy atom. The summed E-state index contributed by atoms with van der Waals surface area (Å²) in [5.74, 6) is 0.665. The molecule has 2 N–H and O–H groups in total. The summed E-state index contributed by atoms with van der Waals surface area (Å²) >= 11 is 0. The normalized spacial score (nSPS) is 24.3. The molecule has 0 aromatic carbocycles. The van der Waals surface area contributed by atoms with Crippen molar-refractivity contribution in [2.75, 3.05) is 18.4 Å². The molecule has 90 valence electrons. The van der Waals surface area contributed by atoms with Gasteiger partial charge in [0, 0.05) is 12.6 Å². The number of hydrogen-bond acceptors (Lipinski definition) is 5. The minimum absolute atomic E-state index is 0.320. The molecule has 16 heavy (non-hydrogen) atoms. The predicted molar refractivity (Wildman–Crippen MR) is 62.3 cm³/mol. The molecule has 0 radical (unpaired) electrons. The molecule has 5 heteroatoms. The standard InChI is InChI=1S/C11H20N4O/c1-8-14-10(16-15-8)13-7-9-11(2,3)5-4-6-12-9/h9,12H,4-7H2,1-3H3,(H,13,14,15). The molecular formula is C11H20N4O. The van der Waals surface area contributed by atoms with E-state index >= 15 is 0 Å². The van der Waals surface area contributed by atoms with Crippen molar-refractivity contribution in [3.8, 4) is 0 Å². The zero-order chi connectivity index (χ0) is 11.6. The second kappa shape index (κ2) is 4.41. The quantitative estimate of drug-likeness (QED) is 0.816. The van der Waals surface area contributed by atoms with Crippen molar-refractivity contribution in [3.63, 3.8) is 0 Å². The monoisotopic (exact) mass is 224 g/mol. The van der Waals surface area contributed by atoms with Crippen molar-refractivity contribution < 1.29 is 4.52 Å². The van der Waals surface area contributed by atoms with Crippen LogP contribution in [0.1, 0.15) is 32.5 Å². The first kappa shape index (κ1) is 11.4. The molecule has 2 heterocycles. The molecule has 1 unspecified atom stereocenters. The fourth-order valence-electron chi connectivity index (χ4n) is 2.18. The van der Waals surface area contributed by atoms with Crippen LogP contribution in [0.4, 0.5) is 6.01 Å². The summed E-state index contributed by atoms with van der Waals surface area (Å²) in [6.07, 6.45) is 2.51. The van der Waals surface area contributed by atoms with Crippen LogP contribution in [0.5, 0.6) is 0 Å². The summed E-state index contributed by atoms with van der Waals surface area (Å²) in [4.78, 5) is 4.13. The molecule has 0 spiro atoms. The molecule has 0 saturated carbocycles. The van der Waals surface area contributed by atoms with E-state index in [0.29, 0.717) is 23.3 Å². The molecule has 1 saturated heterocycles. The third kappa shape index (κ3) is 2.52. The lowest BCUT2D eigenvalue weighted by Gasteiger charge is -2.39. The van der Waals surface area contributed by atoms with Crippen molar-refractivity contribution in [2.24, 2.45) is 5.41 Å². The Bertz CT molecular complexity index is 348. The number of piperidine rings is 1. The fraction of sp³-hybridized carbons (Fsp3) is 0.818. The number of aryl methyl sites for hydroxylation is 1. The van der Waals surface area contributed by atoms with Gasteiger partial charge < -0.3 is 15.2 Å². The Morgan fingerprint density at radius 2 is 2.38 bits per heavy atom. The fourth-order valence-corrected chi connectivity index (χ4v) is 2.18. The van der Waals surface area contributed by atoms with E-state index in [-0.39, 0.29) is 0 Å². The SMILES string of the molecule is Cc1noc(NCC2NCCCC2(C)C)n1. The number of nitrogens with zero attached hydrogens (tertiary/aromatic N) is 2. The van der Waals surface area contributed by atoms with Gasteiger partial charge in [0.05, 0.1) is 0 Å². The lowest BCUT2D eigenvalue weighted by Crippen LogP contribution is -2.50. The van der Waals surface area contributed by atoms with Gasteiger partial charge in [-0.05, 0) is 31.7 Å². The molecule has 5 nitrogen and oxygen atoms in total. The smallest absolute Gasteiger partial charge is 0.321 e. The Labute approximate surface area is 96.0 Å². The second-order valence-corrected chi connectivity index (χ2v) is 5.13. The van der Waals surface area contributed by atoms with E-state index in [2.05, 4.69) is 34.6 Å². The maximum absolute atomic E-state index is 5.02. The van der Waals surface area contributed by atoms with Gasteiger partial charge in [-0.2, -0.15) is 4.98 Å². The summed E-state index contributed by atoms with van der Waals surface area (Å²) in [6, 6.07) is 0.967. The minimum atomic E-state index is 0.320. The number of rotatable bonds is 3. The molecule has 0 bridgehead atoms. The van der Waals surface area contributed by atoms with E-state index in [9.17, 15) is 0 Å². The van der Waals surface area contributed by atoms with Crippen LogP contribution in [0, 0.1) is 12.3 Å². The van der Waals surface area contributed by atoms with E-state index < -0.39 is 0 Å². The van der Waals surface area contributed by atoms with Gasteiger partial charge in [0.15, 0.2) is 5.82 Å². The zero-order valence-electron chi connectivity index (χ0n) is 10.2. The maximum Gasteiger partial charge on any atom is 0.321 e. The first-order valence-corrected chi connectivity index (χ1v) is 5.85. The molecule has 2 rings (SSSR count). The van der Waals surface area contributed by atoms with Gasteiger partial charge in [0.2, 0.25) is 0 Å². The molecule has 1 aliphatic rings. The van der Waals surface area contributed by atoms with Gasteiger partial charge in [-0.15, -0.1) is 0 Å². The lowest BCUT2D eigenvalue weighted by atomic mass is 9.77. The molecule has 1 fully saturated rings. The average molecular weight is 224 g/mol. The molecule has 0 amide bonds. The summed E-state index contributed by atoms with van der Waals surface area (Å²) in [7, 11) is 0. The zero-order valence-corrected chi connectivity index (χ0v) is 10.2. The molecule has 0 aliphatic carbocycles. The number of nitrogens with one attached hydrogen (secondary N) is 2. The number of aromatic nitrogens is 2. The van der Waals surface area contributed by atoms with Crippen LogP contribution in [-0.4, -0.2) is 29.3 Å². The Hall–Kier alpha value is -1.10. The summed E-state index contributed by atoms with van der Waals surface area (Å²) in [5, 5.41) is 10.5. The van der Waals surface area contributed by atoms with Crippen LogP contribution in [0.25, 0.3) is 0 Å². The van der Waals surface area contributed by atoms with E-state index in [1.807, 2.05) is 6.92 Å². The van der Waals surface area contributed by atoms with Crippen LogP contribution in [-0.2, 0) is 0 Å². The van der Waals surface area contributed by atoms with Crippen LogP contribution in [0.15, 0.2) is 4.52 Å². The van der Waals surface area contributed by atoms with Crippen molar-refractivity contribution in [2.45, 2.75) is 39.7 Å². The van der Waals surface area contributed by atoms with E-state index in [1.165, 1.54) is 12.8 Å². The lowest BCUT2D eigenvalue weighted by molar-refractivity contribution is 0.187. The van der Waals surface area contributed by atoms with Gasteiger partial charge in [-0.1, -0.05) is 19.0 Å². The van der Waals surface area contributed by atoms with Gasteiger partial charge in [-0.3, -0.25) is 0 Å². The highest BCUT2D eigenvalue weighted by Gasteiger charge is 2.31. The highest BCUT2D eigenvalue weighted by molar-refractivity contribution is 5.19. The maximum atomic E-state index is 5.02. The molecule has 1 atom stereocenters. The average Bonchev–Trinajstić information content (AvgIpc) is 2.62. The molecular weight excluding hydrogens is 204 g/mol. The molecule has 1 aliphatic heterocycles. The van der Waals surface area contributed by atoms with Crippen molar-refractivity contribution >= 4 is 6.01 Å². The van der Waals surface area contributed by atoms with Gasteiger partial charge in [0.1, 0.15) is 0 Å². The Morgan fingerprint density at radius 1 is 1.56 bits per heavy atom. The Balaban J connectivity index is 1.89. The van der Waals surface area contributed by atoms with Crippen LogP contribution in [0.3, 0.4) is 0 Å². The van der Waals surface area contributed by atoms with E-state index in [4.69, 9.17) is 4.52 Å². The van der Waals surface area contributed by atoms with Crippen molar-refractivity contribution in [1.82, 2.24) is 15.5 Å². The van der Waals surface area contributed by atoms with Gasteiger partial charge >= 0.3 is 6.01 Å². The first-order valence-electron chi connectivity index (χ1n) is 5.85. The van der Waals surface area contributed by atoms with E-state index in [1.54, 1.807) is 0 Å². The predicted octanol–water partition coefficient (Wildman–Crippen LogP) is 1.57.